The maximum Gasteiger partial charge on any atom is 0.226 e. The van der Waals surface area contributed by atoms with Crippen molar-refractivity contribution in [2.24, 2.45) is 0 Å². The molecule has 0 unspecified atom stereocenters. The van der Waals surface area contributed by atoms with E-state index >= 15 is 0 Å². The zero-order valence-corrected chi connectivity index (χ0v) is 16.8. The van der Waals surface area contributed by atoms with Crippen LogP contribution < -0.4 is 10.2 Å². The Morgan fingerprint density at radius 3 is 2.66 bits per heavy atom. The minimum Gasteiger partial charge on any atom is -0.377 e. The Bertz CT molecular complexity index is 1120. The minimum absolute atomic E-state index is 0.0565. The third kappa shape index (κ3) is 2.60. The van der Waals surface area contributed by atoms with Crippen LogP contribution in [0.2, 0.25) is 0 Å². The van der Waals surface area contributed by atoms with Crippen molar-refractivity contribution in [3.8, 4) is 0 Å². The third-order valence-corrected chi connectivity index (χ3v) is 7.01. The number of benzene rings is 2. The highest BCUT2D eigenvalue weighted by molar-refractivity contribution is 6.02. The molecule has 1 amide bonds. The smallest absolute Gasteiger partial charge is 0.226 e. The van der Waals surface area contributed by atoms with Crippen molar-refractivity contribution in [2.75, 3.05) is 16.8 Å². The van der Waals surface area contributed by atoms with Crippen LogP contribution in [0.25, 0.3) is 11.0 Å². The highest BCUT2D eigenvalue weighted by Crippen LogP contribution is 2.46. The van der Waals surface area contributed by atoms with Crippen LogP contribution in [0.1, 0.15) is 48.2 Å². The van der Waals surface area contributed by atoms with E-state index in [4.69, 9.17) is 4.98 Å². The monoisotopic (exact) mass is 386 g/mol. The van der Waals surface area contributed by atoms with Gasteiger partial charge in [0.05, 0.1) is 16.9 Å². The number of hydrogen-bond donors (Lipinski definition) is 2. The summed E-state index contributed by atoms with van der Waals surface area (Å²) in [7, 11) is 0. The van der Waals surface area contributed by atoms with Crippen molar-refractivity contribution >= 4 is 28.3 Å². The van der Waals surface area contributed by atoms with E-state index in [1.165, 1.54) is 16.7 Å². The van der Waals surface area contributed by atoms with Crippen LogP contribution in [-0.4, -0.2) is 28.0 Å². The van der Waals surface area contributed by atoms with Crippen molar-refractivity contribution in [3.63, 3.8) is 0 Å². The van der Waals surface area contributed by atoms with Gasteiger partial charge in [-0.15, -0.1) is 0 Å². The largest absolute Gasteiger partial charge is 0.377 e. The van der Waals surface area contributed by atoms with Crippen molar-refractivity contribution < 1.29 is 4.79 Å². The number of aryl methyl sites for hydroxylation is 1. The van der Waals surface area contributed by atoms with Crippen molar-refractivity contribution in [1.29, 1.82) is 0 Å². The van der Waals surface area contributed by atoms with Crippen LogP contribution in [0, 0.1) is 6.92 Å². The molecular weight excluding hydrogens is 360 g/mol. The molecule has 2 aromatic carbocycles. The van der Waals surface area contributed by atoms with E-state index in [1.807, 2.05) is 11.8 Å². The number of imidazole rings is 1. The fourth-order valence-electron chi connectivity index (χ4n) is 5.64. The molecule has 5 heteroatoms. The number of fused-ring (bicyclic) bond motifs is 4. The molecule has 3 aromatic rings. The molecule has 0 saturated carbocycles. The van der Waals surface area contributed by atoms with Crippen molar-refractivity contribution in [2.45, 2.75) is 57.4 Å². The molecule has 2 aliphatic heterocycles. The molecule has 1 aliphatic carbocycles. The second-order valence-corrected chi connectivity index (χ2v) is 9.00. The summed E-state index contributed by atoms with van der Waals surface area (Å²) in [6.07, 6.45) is 6.91. The molecular formula is C24H26N4O. The van der Waals surface area contributed by atoms with Crippen LogP contribution in [0.5, 0.6) is 0 Å². The van der Waals surface area contributed by atoms with Crippen LogP contribution in [0.15, 0.2) is 30.3 Å². The van der Waals surface area contributed by atoms with Gasteiger partial charge in [0, 0.05) is 24.1 Å². The molecule has 0 bridgehead atoms. The number of amides is 1. The lowest BCUT2D eigenvalue weighted by atomic mass is 9.82. The Hall–Kier alpha value is -2.82. The van der Waals surface area contributed by atoms with Crippen molar-refractivity contribution in [1.82, 2.24) is 9.97 Å². The molecule has 1 fully saturated rings. The molecule has 1 aromatic heterocycles. The van der Waals surface area contributed by atoms with Gasteiger partial charge < -0.3 is 15.2 Å². The van der Waals surface area contributed by atoms with E-state index in [-0.39, 0.29) is 11.4 Å². The van der Waals surface area contributed by atoms with E-state index in [0.29, 0.717) is 6.42 Å². The zero-order chi connectivity index (χ0) is 19.6. The highest BCUT2D eigenvalue weighted by Gasteiger charge is 2.41. The maximum absolute atomic E-state index is 12.7. The predicted octanol–water partition coefficient (Wildman–Crippen LogP) is 4.28. The van der Waals surface area contributed by atoms with Gasteiger partial charge in [0.15, 0.2) is 0 Å². The second kappa shape index (κ2) is 6.09. The topological polar surface area (TPSA) is 61.0 Å². The van der Waals surface area contributed by atoms with Gasteiger partial charge in [-0.2, -0.15) is 0 Å². The van der Waals surface area contributed by atoms with Gasteiger partial charge in [-0.25, -0.2) is 4.98 Å². The van der Waals surface area contributed by atoms with E-state index < -0.39 is 0 Å². The van der Waals surface area contributed by atoms with Gasteiger partial charge in [0.25, 0.3) is 0 Å². The van der Waals surface area contributed by atoms with Gasteiger partial charge in [0.1, 0.15) is 11.3 Å². The first-order valence-corrected chi connectivity index (χ1v) is 10.8. The normalized spacial score (nSPS) is 20.0. The maximum atomic E-state index is 12.7. The molecule has 29 heavy (non-hydrogen) atoms. The van der Waals surface area contributed by atoms with Gasteiger partial charge in [-0.05, 0) is 62.6 Å². The van der Waals surface area contributed by atoms with Gasteiger partial charge in [0.2, 0.25) is 5.91 Å². The summed E-state index contributed by atoms with van der Waals surface area (Å²) < 4.78 is 0. The number of H-pyrrole nitrogens is 1. The summed E-state index contributed by atoms with van der Waals surface area (Å²) in [5.74, 6) is 1.17. The standard InChI is InChI=1S/C24H26N4O/c1-15-25-19-12-20(28-11-5-4-8-21(28)29)18-9-10-24(27-22(18)23(19)26-15)13-16-6-2-3-7-17(16)14-24/h2-3,6-7,12,27H,4-5,8-11,13-14H2,1H3,(H,25,26). The number of carbonyl (C=O) groups is 1. The fraction of sp³-hybridized carbons (Fsp3) is 0.417. The Labute approximate surface area is 170 Å². The molecule has 0 atom stereocenters. The summed E-state index contributed by atoms with van der Waals surface area (Å²) in [6.45, 7) is 2.82. The molecule has 2 N–H and O–H groups in total. The second-order valence-electron chi connectivity index (χ2n) is 9.00. The van der Waals surface area contributed by atoms with Crippen LogP contribution in [0.4, 0.5) is 11.4 Å². The number of aromatic amines is 1. The number of aromatic nitrogens is 2. The molecule has 1 saturated heterocycles. The van der Waals surface area contributed by atoms with E-state index in [2.05, 4.69) is 40.6 Å². The molecule has 3 heterocycles. The lowest BCUT2D eigenvalue weighted by Crippen LogP contribution is -2.44. The van der Waals surface area contributed by atoms with Crippen molar-refractivity contribution in [3.05, 3.63) is 52.8 Å². The lowest BCUT2D eigenvalue weighted by Gasteiger charge is -2.39. The fourth-order valence-corrected chi connectivity index (χ4v) is 5.64. The number of nitrogens with zero attached hydrogens (tertiary/aromatic N) is 2. The predicted molar refractivity (Wildman–Crippen MR) is 116 cm³/mol. The Morgan fingerprint density at radius 1 is 1.10 bits per heavy atom. The number of carbonyl (C=O) groups excluding carboxylic acids is 1. The number of piperidine rings is 1. The van der Waals surface area contributed by atoms with Crippen LogP contribution >= 0.6 is 0 Å². The Morgan fingerprint density at radius 2 is 1.90 bits per heavy atom. The van der Waals surface area contributed by atoms with E-state index in [1.54, 1.807) is 0 Å². The van der Waals surface area contributed by atoms with Gasteiger partial charge >= 0.3 is 0 Å². The molecule has 5 nitrogen and oxygen atoms in total. The number of anilines is 2. The third-order valence-electron chi connectivity index (χ3n) is 7.01. The zero-order valence-electron chi connectivity index (χ0n) is 16.8. The number of rotatable bonds is 1. The van der Waals surface area contributed by atoms with E-state index in [9.17, 15) is 4.79 Å². The summed E-state index contributed by atoms with van der Waals surface area (Å²) in [5, 5.41) is 3.95. The summed E-state index contributed by atoms with van der Waals surface area (Å²) >= 11 is 0. The quantitative estimate of drug-likeness (QED) is 0.656. The average Bonchev–Trinajstić information content (AvgIpc) is 3.27. The first-order valence-electron chi connectivity index (χ1n) is 10.8. The highest BCUT2D eigenvalue weighted by atomic mass is 16.2. The van der Waals surface area contributed by atoms with E-state index in [0.717, 1.165) is 73.3 Å². The molecule has 0 radical (unpaired) electrons. The Balaban J connectivity index is 1.48. The first-order chi connectivity index (χ1) is 14.1. The van der Waals surface area contributed by atoms with Crippen LogP contribution in [0.3, 0.4) is 0 Å². The lowest BCUT2D eigenvalue weighted by molar-refractivity contribution is -0.119. The number of nitrogens with one attached hydrogen (secondary N) is 2. The number of hydrogen-bond acceptors (Lipinski definition) is 3. The molecule has 3 aliphatic rings. The first kappa shape index (κ1) is 17.1. The van der Waals surface area contributed by atoms with Crippen LogP contribution in [-0.2, 0) is 24.1 Å². The minimum atomic E-state index is 0.0565. The average molecular weight is 386 g/mol. The Kier molecular flexibility index (Phi) is 3.58. The summed E-state index contributed by atoms with van der Waals surface area (Å²) in [6, 6.07) is 11.0. The summed E-state index contributed by atoms with van der Waals surface area (Å²) in [4.78, 5) is 22.9. The van der Waals surface area contributed by atoms with Gasteiger partial charge in [-0.1, -0.05) is 24.3 Å². The molecule has 1 spiro atoms. The SMILES string of the molecule is Cc1nc2c3c(c(N4CCCCC4=O)cc2[nH]1)CCC1(Cc2ccccc2C1)N3. The summed E-state index contributed by atoms with van der Waals surface area (Å²) in [5.41, 5.74) is 8.50. The molecule has 6 rings (SSSR count). The molecule has 148 valence electrons. The van der Waals surface area contributed by atoms with Gasteiger partial charge in [-0.3, -0.25) is 4.79 Å².